The Morgan fingerprint density at radius 2 is 1.91 bits per heavy atom. The van der Waals surface area contributed by atoms with Crippen LogP contribution in [-0.4, -0.2) is 46.8 Å². The predicted octanol–water partition coefficient (Wildman–Crippen LogP) is 3.20. The highest BCUT2D eigenvalue weighted by Crippen LogP contribution is 2.19. The van der Waals surface area contributed by atoms with E-state index in [9.17, 15) is 9.59 Å². The standard InChI is InChI=1S/C17H24N2O4/c1-17(2,3)23-16(22)19-9-7-13(8-10-19)18-14-6-4-5-12(11-14)15(20)21/h4-6,11,13,18H,7-10H2,1-3H3,(H,20,21). The minimum absolute atomic E-state index is 0.220. The molecule has 1 aliphatic rings. The maximum atomic E-state index is 12.0. The summed E-state index contributed by atoms with van der Waals surface area (Å²) in [5, 5.41) is 12.4. The molecule has 1 fully saturated rings. The van der Waals surface area contributed by atoms with Crippen LogP contribution in [0, 0.1) is 0 Å². The molecule has 1 heterocycles. The first kappa shape index (κ1) is 17.1. The van der Waals surface area contributed by atoms with Crippen LogP contribution in [0.5, 0.6) is 0 Å². The summed E-state index contributed by atoms with van der Waals surface area (Å²) < 4.78 is 5.37. The molecule has 1 aromatic rings. The summed E-state index contributed by atoms with van der Waals surface area (Å²) in [7, 11) is 0. The zero-order valence-corrected chi connectivity index (χ0v) is 13.8. The number of piperidine rings is 1. The Morgan fingerprint density at radius 1 is 1.26 bits per heavy atom. The summed E-state index contributed by atoms with van der Waals surface area (Å²) in [4.78, 5) is 24.7. The van der Waals surface area contributed by atoms with Crippen LogP contribution in [0.15, 0.2) is 24.3 Å². The molecule has 2 N–H and O–H groups in total. The number of nitrogens with zero attached hydrogens (tertiary/aromatic N) is 1. The second kappa shape index (κ2) is 6.89. The van der Waals surface area contributed by atoms with Crippen LogP contribution in [0.4, 0.5) is 10.5 Å². The molecule has 0 saturated carbocycles. The first-order chi connectivity index (χ1) is 10.7. The van der Waals surface area contributed by atoms with Gasteiger partial charge in [-0.1, -0.05) is 6.07 Å². The number of likely N-dealkylation sites (tertiary alicyclic amines) is 1. The van der Waals surface area contributed by atoms with Crippen LogP contribution in [0.2, 0.25) is 0 Å². The zero-order chi connectivity index (χ0) is 17.0. The second-order valence-electron chi connectivity index (χ2n) is 6.77. The first-order valence-corrected chi connectivity index (χ1v) is 7.82. The summed E-state index contributed by atoms with van der Waals surface area (Å²) >= 11 is 0. The predicted molar refractivity (Wildman–Crippen MR) is 87.9 cm³/mol. The van der Waals surface area contributed by atoms with E-state index in [1.54, 1.807) is 23.1 Å². The number of anilines is 1. The fourth-order valence-corrected chi connectivity index (χ4v) is 2.51. The van der Waals surface area contributed by atoms with Gasteiger partial charge in [0.25, 0.3) is 0 Å². The Kier molecular flexibility index (Phi) is 5.13. The van der Waals surface area contributed by atoms with Crippen molar-refractivity contribution >= 4 is 17.7 Å². The quantitative estimate of drug-likeness (QED) is 0.894. The van der Waals surface area contributed by atoms with Gasteiger partial charge in [-0.3, -0.25) is 0 Å². The number of benzene rings is 1. The van der Waals surface area contributed by atoms with E-state index in [1.807, 2.05) is 26.8 Å². The summed E-state index contributed by atoms with van der Waals surface area (Å²) in [6, 6.07) is 6.99. The van der Waals surface area contributed by atoms with Crippen molar-refractivity contribution in [1.29, 1.82) is 0 Å². The van der Waals surface area contributed by atoms with Gasteiger partial charge in [0, 0.05) is 24.8 Å². The van der Waals surface area contributed by atoms with Crippen molar-refractivity contribution in [2.24, 2.45) is 0 Å². The maximum absolute atomic E-state index is 12.0. The number of carboxylic acid groups (broad SMARTS) is 1. The first-order valence-electron chi connectivity index (χ1n) is 7.82. The van der Waals surface area contributed by atoms with Gasteiger partial charge in [0.05, 0.1) is 5.56 Å². The van der Waals surface area contributed by atoms with E-state index >= 15 is 0 Å². The number of amides is 1. The molecule has 2 rings (SSSR count). The van der Waals surface area contributed by atoms with E-state index in [1.165, 1.54) is 0 Å². The molecule has 6 heteroatoms. The van der Waals surface area contributed by atoms with E-state index in [0.717, 1.165) is 18.5 Å². The van der Waals surface area contributed by atoms with Crippen LogP contribution in [0.3, 0.4) is 0 Å². The van der Waals surface area contributed by atoms with Crippen molar-refractivity contribution in [3.63, 3.8) is 0 Å². The number of carbonyl (C=O) groups excluding carboxylic acids is 1. The summed E-state index contributed by atoms with van der Waals surface area (Å²) in [5.74, 6) is -0.937. The number of hydrogen-bond acceptors (Lipinski definition) is 4. The van der Waals surface area contributed by atoms with E-state index in [0.29, 0.717) is 13.1 Å². The molecule has 0 radical (unpaired) electrons. The number of carbonyl (C=O) groups is 2. The summed E-state index contributed by atoms with van der Waals surface area (Å²) in [6.45, 7) is 6.83. The van der Waals surface area contributed by atoms with Crippen LogP contribution in [0.25, 0.3) is 0 Å². The van der Waals surface area contributed by atoms with Crippen molar-refractivity contribution in [2.45, 2.75) is 45.3 Å². The monoisotopic (exact) mass is 320 g/mol. The van der Waals surface area contributed by atoms with Gasteiger partial charge in [0.15, 0.2) is 0 Å². The number of carboxylic acids is 1. The van der Waals surface area contributed by atoms with Gasteiger partial charge >= 0.3 is 12.1 Å². The maximum Gasteiger partial charge on any atom is 0.410 e. The van der Waals surface area contributed by atoms with Gasteiger partial charge in [-0.2, -0.15) is 0 Å². The lowest BCUT2D eigenvalue weighted by molar-refractivity contribution is 0.0210. The molecule has 6 nitrogen and oxygen atoms in total. The van der Waals surface area contributed by atoms with Crippen molar-refractivity contribution in [1.82, 2.24) is 4.90 Å². The molecular weight excluding hydrogens is 296 g/mol. The second-order valence-corrected chi connectivity index (χ2v) is 6.77. The molecule has 0 aromatic heterocycles. The fourth-order valence-electron chi connectivity index (χ4n) is 2.51. The normalized spacial score (nSPS) is 16.0. The topological polar surface area (TPSA) is 78.9 Å². The van der Waals surface area contributed by atoms with Gasteiger partial charge in [0.1, 0.15) is 5.60 Å². The lowest BCUT2D eigenvalue weighted by Crippen LogP contribution is -2.44. The van der Waals surface area contributed by atoms with Gasteiger partial charge < -0.3 is 20.1 Å². The van der Waals surface area contributed by atoms with Gasteiger partial charge in [-0.05, 0) is 51.8 Å². The smallest absolute Gasteiger partial charge is 0.410 e. The minimum atomic E-state index is -0.937. The Labute approximate surface area is 136 Å². The number of hydrogen-bond donors (Lipinski definition) is 2. The highest BCUT2D eigenvalue weighted by atomic mass is 16.6. The number of rotatable bonds is 3. The lowest BCUT2D eigenvalue weighted by atomic mass is 10.0. The molecule has 1 aromatic carbocycles. The largest absolute Gasteiger partial charge is 0.478 e. The molecule has 126 valence electrons. The molecule has 0 atom stereocenters. The lowest BCUT2D eigenvalue weighted by Gasteiger charge is -2.34. The average Bonchev–Trinajstić information content (AvgIpc) is 2.46. The summed E-state index contributed by atoms with van der Waals surface area (Å²) in [6.07, 6.45) is 1.33. The van der Waals surface area contributed by atoms with Gasteiger partial charge in [-0.15, -0.1) is 0 Å². The van der Waals surface area contributed by atoms with Gasteiger partial charge in [-0.25, -0.2) is 9.59 Å². The molecule has 0 unspecified atom stereocenters. The van der Waals surface area contributed by atoms with Crippen molar-refractivity contribution < 1.29 is 19.4 Å². The SMILES string of the molecule is CC(C)(C)OC(=O)N1CCC(Nc2cccc(C(=O)O)c2)CC1. The molecule has 1 saturated heterocycles. The van der Waals surface area contributed by atoms with Crippen molar-refractivity contribution in [3.05, 3.63) is 29.8 Å². The summed E-state index contributed by atoms with van der Waals surface area (Å²) in [5.41, 5.74) is 0.575. The van der Waals surface area contributed by atoms with E-state index in [2.05, 4.69) is 5.32 Å². The van der Waals surface area contributed by atoms with Crippen LogP contribution in [0.1, 0.15) is 44.0 Å². The zero-order valence-electron chi connectivity index (χ0n) is 13.8. The minimum Gasteiger partial charge on any atom is -0.478 e. The Morgan fingerprint density at radius 3 is 2.48 bits per heavy atom. The molecule has 1 amide bonds. The Bertz CT molecular complexity index is 572. The highest BCUT2D eigenvalue weighted by molar-refractivity contribution is 5.88. The third-order valence-electron chi connectivity index (χ3n) is 3.63. The number of ether oxygens (including phenoxy) is 1. The Balaban J connectivity index is 1.86. The van der Waals surface area contributed by atoms with E-state index in [-0.39, 0.29) is 17.7 Å². The number of nitrogens with one attached hydrogen (secondary N) is 1. The Hall–Kier alpha value is -2.24. The van der Waals surface area contributed by atoms with E-state index in [4.69, 9.17) is 9.84 Å². The molecule has 0 spiro atoms. The van der Waals surface area contributed by atoms with Gasteiger partial charge in [0.2, 0.25) is 0 Å². The average molecular weight is 320 g/mol. The molecule has 0 bridgehead atoms. The number of aromatic carboxylic acids is 1. The van der Waals surface area contributed by atoms with E-state index < -0.39 is 11.6 Å². The third-order valence-corrected chi connectivity index (χ3v) is 3.63. The van der Waals surface area contributed by atoms with Crippen LogP contribution >= 0.6 is 0 Å². The molecular formula is C17H24N2O4. The fraction of sp³-hybridized carbons (Fsp3) is 0.529. The van der Waals surface area contributed by atoms with Crippen molar-refractivity contribution in [3.8, 4) is 0 Å². The van der Waals surface area contributed by atoms with Crippen molar-refractivity contribution in [2.75, 3.05) is 18.4 Å². The van der Waals surface area contributed by atoms with Crippen LogP contribution in [-0.2, 0) is 4.74 Å². The molecule has 1 aliphatic heterocycles. The molecule has 23 heavy (non-hydrogen) atoms. The third kappa shape index (κ3) is 5.16. The van der Waals surface area contributed by atoms with Crippen LogP contribution < -0.4 is 5.32 Å². The highest BCUT2D eigenvalue weighted by Gasteiger charge is 2.26. The molecule has 0 aliphatic carbocycles.